The van der Waals surface area contributed by atoms with Crippen molar-refractivity contribution < 1.29 is 17.9 Å². The maximum Gasteiger partial charge on any atom is 0.243 e. The van der Waals surface area contributed by atoms with E-state index in [0.717, 1.165) is 26.4 Å². The minimum Gasteiger partial charge on any atom is -0.490 e. The maximum absolute atomic E-state index is 13.0. The van der Waals surface area contributed by atoms with Crippen LogP contribution in [0.4, 0.5) is 0 Å². The molecule has 1 amide bonds. The summed E-state index contributed by atoms with van der Waals surface area (Å²) < 4.78 is 32.4. The van der Waals surface area contributed by atoms with Gasteiger partial charge in [-0.25, -0.2) is 8.42 Å². The molecule has 7 heteroatoms. The van der Waals surface area contributed by atoms with E-state index in [9.17, 15) is 13.2 Å². The third kappa shape index (κ3) is 5.51. The maximum atomic E-state index is 13.0. The van der Waals surface area contributed by atoms with Crippen molar-refractivity contribution in [3.05, 3.63) is 84.9 Å². The van der Waals surface area contributed by atoms with E-state index >= 15 is 0 Å². The number of fused-ring (bicyclic) bond motifs is 1. The smallest absolute Gasteiger partial charge is 0.243 e. The second-order valence-electron chi connectivity index (χ2n) is 7.26. The van der Waals surface area contributed by atoms with Crippen LogP contribution in [0.3, 0.4) is 0 Å². The first-order valence-corrected chi connectivity index (χ1v) is 11.3. The molecule has 3 rings (SSSR count). The molecule has 0 N–H and O–H groups in total. The fourth-order valence-corrected chi connectivity index (χ4v) is 4.27. The van der Waals surface area contributed by atoms with Crippen molar-refractivity contribution in [2.75, 3.05) is 27.2 Å². The zero-order valence-electron chi connectivity index (χ0n) is 17.7. The van der Waals surface area contributed by atoms with Gasteiger partial charge < -0.3 is 9.64 Å². The lowest BCUT2D eigenvalue weighted by molar-refractivity contribution is -0.130. The number of benzene rings is 3. The summed E-state index contributed by atoms with van der Waals surface area (Å²) in [5, 5.41) is 1.79. The SMILES string of the molecule is C=CCOc1ccc(CN(C)C(=O)CN(C)S(=O)(=O)c2ccc3ccccc3c2)cc1. The first kappa shape index (κ1) is 22.5. The molecule has 0 atom stereocenters. The Labute approximate surface area is 183 Å². The summed E-state index contributed by atoms with van der Waals surface area (Å²) in [5.41, 5.74) is 0.918. The lowest BCUT2D eigenvalue weighted by Crippen LogP contribution is -2.39. The summed E-state index contributed by atoms with van der Waals surface area (Å²) in [6, 6.07) is 19.9. The van der Waals surface area contributed by atoms with E-state index in [-0.39, 0.29) is 17.3 Å². The van der Waals surface area contributed by atoms with Gasteiger partial charge in [0.15, 0.2) is 0 Å². The average molecular weight is 439 g/mol. The summed E-state index contributed by atoms with van der Waals surface area (Å²) in [7, 11) is -0.713. The zero-order chi connectivity index (χ0) is 22.4. The van der Waals surface area contributed by atoms with Gasteiger partial charge in [-0.3, -0.25) is 4.79 Å². The molecule has 0 fully saturated rings. The van der Waals surface area contributed by atoms with Crippen molar-refractivity contribution in [3.63, 3.8) is 0 Å². The number of hydrogen-bond donors (Lipinski definition) is 0. The van der Waals surface area contributed by atoms with Crippen LogP contribution in [0.25, 0.3) is 10.8 Å². The van der Waals surface area contributed by atoms with Gasteiger partial charge in [-0.05, 0) is 40.6 Å². The Morgan fingerprint density at radius 1 is 1.00 bits per heavy atom. The predicted molar refractivity (Wildman–Crippen MR) is 122 cm³/mol. The summed E-state index contributed by atoms with van der Waals surface area (Å²) in [5.74, 6) is 0.428. The number of nitrogens with zero attached hydrogens (tertiary/aromatic N) is 2. The van der Waals surface area contributed by atoms with Crippen molar-refractivity contribution in [2.24, 2.45) is 0 Å². The highest BCUT2D eigenvalue weighted by molar-refractivity contribution is 7.89. The van der Waals surface area contributed by atoms with Crippen molar-refractivity contribution in [2.45, 2.75) is 11.4 Å². The normalized spacial score (nSPS) is 11.5. The molecule has 0 spiro atoms. The third-order valence-electron chi connectivity index (χ3n) is 4.92. The molecule has 0 aliphatic heterocycles. The molecular formula is C24H26N2O4S. The lowest BCUT2D eigenvalue weighted by atomic mass is 10.1. The number of amides is 1. The highest BCUT2D eigenvalue weighted by Crippen LogP contribution is 2.21. The molecule has 0 bridgehead atoms. The molecule has 0 radical (unpaired) electrons. The van der Waals surface area contributed by atoms with Crippen LogP contribution in [-0.2, 0) is 21.4 Å². The largest absolute Gasteiger partial charge is 0.490 e. The molecule has 31 heavy (non-hydrogen) atoms. The molecule has 0 aliphatic carbocycles. The van der Waals surface area contributed by atoms with Gasteiger partial charge in [0.1, 0.15) is 12.4 Å². The predicted octanol–water partition coefficient (Wildman–Crippen LogP) is 3.68. The lowest BCUT2D eigenvalue weighted by Gasteiger charge is -2.22. The summed E-state index contributed by atoms with van der Waals surface area (Å²) in [6.45, 7) is 4.16. The standard InChI is InChI=1S/C24H26N2O4S/c1-4-15-30-22-12-9-19(10-13-22)17-25(2)24(27)18-26(3)31(28,29)23-14-11-20-7-5-6-8-21(20)16-23/h4-14,16H,1,15,17-18H2,2-3H3. The molecule has 6 nitrogen and oxygen atoms in total. The molecule has 0 heterocycles. The number of hydrogen-bond acceptors (Lipinski definition) is 4. The summed E-state index contributed by atoms with van der Waals surface area (Å²) >= 11 is 0. The van der Waals surface area contributed by atoms with Crippen LogP contribution in [0.5, 0.6) is 5.75 Å². The van der Waals surface area contributed by atoms with Crippen molar-refractivity contribution in [1.82, 2.24) is 9.21 Å². The van der Waals surface area contributed by atoms with Crippen LogP contribution in [0.15, 0.2) is 84.3 Å². The van der Waals surface area contributed by atoms with Crippen LogP contribution in [0, 0.1) is 0 Å². The average Bonchev–Trinajstić information content (AvgIpc) is 2.78. The fourth-order valence-electron chi connectivity index (χ4n) is 3.11. The Bertz CT molecular complexity index is 1170. The first-order valence-electron chi connectivity index (χ1n) is 9.83. The number of sulfonamides is 1. The minimum absolute atomic E-state index is 0.166. The van der Waals surface area contributed by atoms with Gasteiger partial charge >= 0.3 is 0 Å². The zero-order valence-corrected chi connectivity index (χ0v) is 18.5. The van der Waals surface area contributed by atoms with E-state index in [1.807, 2.05) is 48.5 Å². The Kier molecular flexibility index (Phi) is 7.09. The fraction of sp³-hybridized carbons (Fsp3) is 0.208. The van der Waals surface area contributed by atoms with E-state index in [0.29, 0.717) is 13.2 Å². The molecular weight excluding hydrogens is 412 g/mol. The second kappa shape index (κ2) is 9.76. The Balaban J connectivity index is 1.64. The number of rotatable bonds is 9. The monoisotopic (exact) mass is 438 g/mol. The van der Waals surface area contributed by atoms with E-state index in [4.69, 9.17) is 4.74 Å². The third-order valence-corrected chi connectivity index (χ3v) is 6.72. The van der Waals surface area contributed by atoms with E-state index in [2.05, 4.69) is 6.58 Å². The summed E-state index contributed by atoms with van der Waals surface area (Å²) in [4.78, 5) is 14.3. The summed E-state index contributed by atoms with van der Waals surface area (Å²) in [6.07, 6.45) is 1.67. The Hall–Kier alpha value is -3.16. The molecule has 0 unspecified atom stereocenters. The molecule has 162 valence electrons. The topological polar surface area (TPSA) is 66.9 Å². The second-order valence-corrected chi connectivity index (χ2v) is 9.31. The van der Waals surface area contributed by atoms with Gasteiger partial charge in [0.05, 0.1) is 11.4 Å². The van der Waals surface area contributed by atoms with E-state index in [1.54, 1.807) is 31.3 Å². The van der Waals surface area contributed by atoms with Crippen molar-refractivity contribution in [1.29, 1.82) is 0 Å². The molecule has 0 saturated carbocycles. The molecule has 0 saturated heterocycles. The molecule has 0 aliphatic rings. The van der Waals surface area contributed by atoms with Crippen molar-refractivity contribution >= 4 is 26.7 Å². The van der Waals surface area contributed by atoms with Crippen molar-refractivity contribution in [3.8, 4) is 5.75 Å². The number of likely N-dealkylation sites (N-methyl/N-ethyl adjacent to an activating group) is 2. The van der Waals surface area contributed by atoms with Crippen LogP contribution in [0.1, 0.15) is 5.56 Å². The molecule has 0 aromatic heterocycles. The quantitative estimate of drug-likeness (QED) is 0.478. The molecule has 3 aromatic carbocycles. The van der Waals surface area contributed by atoms with Crippen LogP contribution in [0.2, 0.25) is 0 Å². The van der Waals surface area contributed by atoms with Crippen LogP contribution in [-0.4, -0.2) is 50.8 Å². The van der Waals surface area contributed by atoms with Gasteiger partial charge in [-0.2, -0.15) is 4.31 Å². The Morgan fingerprint density at radius 3 is 2.35 bits per heavy atom. The van der Waals surface area contributed by atoms with Gasteiger partial charge in [-0.1, -0.05) is 55.1 Å². The Morgan fingerprint density at radius 2 is 1.68 bits per heavy atom. The van der Waals surface area contributed by atoms with Gasteiger partial charge in [-0.15, -0.1) is 0 Å². The number of carbonyl (C=O) groups excluding carboxylic acids is 1. The van der Waals surface area contributed by atoms with E-state index < -0.39 is 10.0 Å². The van der Waals surface area contributed by atoms with Crippen LogP contribution < -0.4 is 4.74 Å². The number of carbonyl (C=O) groups is 1. The van der Waals surface area contributed by atoms with E-state index in [1.165, 1.54) is 11.9 Å². The van der Waals surface area contributed by atoms with Gasteiger partial charge in [0.25, 0.3) is 0 Å². The molecule has 3 aromatic rings. The van der Waals surface area contributed by atoms with Gasteiger partial charge in [0, 0.05) is 20.6 Å². The van der Waals surface area contributed by atoms with Gasteiger partial charge in [0.2, 0.25) is 15.9 Å². The minimum atomic E-state index is -3.79. The number of ether oxygens (including phenoxy) is 1. The highest BCUT2D eigenvalue weighted by Gasteiger charge is 2.24. The van der Waals surface area contributed by atoms with Crippen LogP contribution >= 0.6 is 0 Å². The first-order chi connectivity index (χ1) is 14.8. The highest BCUT2D eigenvalue weighted by atomic mass is 32.2.